The van der Waals surface area contributed by atoms with Crippen LogP contribution < -0.4 is 21.5 Å². The van der Waals surface area contributed by atoms with E-state index in [2.05, 4.69) is 35.1 Å². The summed E-state index contributed by atoms with van der Waals surface area (Å²) < 4.78 is 30.2. The summed E-state index contributed by atoms with van der Waals surface area (Å²) >= 11 is 0. The molecule has 1 saturated heterocycles. The van der Waals surface area contributed by atoms with Gasteiger partial charge < -0.3 is 14.8 Å². The molecule has 0 aromatic carbocycles. The smallest absolute Gasteiger partial charge is 0.338 e. The molecule has 6 rings (SSSR count). The molecule has 1 aliphatic carbocycles. The van der Waals surface area contributed by atoms with E-state index in [0.717, 1.165) is 9.13 Å². The van der Waals surface area contributed by atoms with Crippen molar-refractivity contribution in [2.45, 2.75) is 25.6 Å². The number of imidazole rings is 1. The maximum atomic E-state index is 13.5. The number of carbonyl (C=O) groups excluding carboxylic acids is 1. The molecule has 16 heteroatoms. The molecule has 1 N–H and O–H groups in total. The van der Waals surface area contributed by atoms with Gasteiger partial charge in [0.2, 0.25) is 11.9 Å². The fourth-order valence-electron chi connectivity index (χ4n) is 4.99. The van der Waals surface area contributed by atoms with E-state index in [1.807, 2.05) is 0 Å². The van der Waals surface area contributed by atoms with Crippen LogP contribution in [-0.2, 0) is 18.5 Å². The normalized spacial score (nSPS) is 19.7. The van der Waals surface area contributed by atoms with Crippen molar-refractivity contribution < 1.29 is 13.6 Å². The molecule has 2 fully saturated rings. The van der Waals surface area contributed by atoms with Gasteiger partial charge in [-0.1, -0.05) is 0 Å². The number of anilines is 2. The van der Waals surface area contributed by atoms with Crippen LogP contribution in [0.5, 0.6) is 0 Å². The molecule has 0 radical (unpaired) electrons. The number of nitrogens with zero attached hydrogens (tertiary/aromatic N) is 10. The van der Waals surface area contributed by atoms with Crippen LogP contribution >= 0.6 is 0 Å². The van der Waals surface area contributed by atoms with Gasteiger partial charge in [0.25, 0.3) is 18.2 Å². The summed E-state index contributed by atoms with van der Waals surface area (Å²) in [5.41, 5.74) is -0.435. The van der Waals surface area contributed by atoms with Gasteiger partial charge in [0, 0.05) is 38.1 Å². The predicted molar refractivity (Wildman–Crippen MR) is 136 cm³/mol. The van der Waals surface area contributed by atoms with Crippen LogP contribution in [0.3, 0.4) is 0 Å². The Labute approximate surface area is 223 Å². The molecular formula is C24H21F2N11O3. The van der Waals surface area contributed by atoms with Crippen LogP contribution in [0.4, 0.5) is 20.5 Å². The van der Waals surface area contributed by atoms with Crippen molar-refractivity contribution in [1.82, 2.24) is 38.6 Å². The summed E-state index contributed by atoms with van der Waals surface area (Å²) in [6.07, 6.45) is 7.12. The summed E-state index contributed by atoms with van der Waals surface area (Å²) in [5, 5.41) is 2.66. The Hall–Kier alpha value is -5.07. The second-order valence-electron chi connectivity index (χ2n) is 9.72. The number of hydrogen-bond acceptors (Lipinski definition) is 9. The molecule has 2 unspecified atom stereocenters. The highest BCUT2D eigenvalue weighted by molar-refractivity contribution is 5.93. The lowest BCUT2D eigenvalue weighted by Gasteiger charge is -2.19. The lowest BCUT2D eigenvalue weighted by atomic mass is 10.2. The standard InChI is InChI=1S/C24H21F2N11O3/c1-12(36-11-31-19-18(36)21(39)37(10-27-2)23(40)34(19)3)20(38)33-17-7-28-6-16(32-17)13-4-29-22(30-5-13)35-8-14-15(9-35)24(14,25)26/h4-7,11-12,14-15H,8-10H2,1,3H3,(H,32,33,38)/t12-,14?,15?/m0/s1. The monoisotopic (exact) mass is 549 g/mol. The van der Waals surface area contributed by atoms with Gasteiger partial charge in [-0.25, -0.2) is 40.1 Å². The highest BCUT2D eigenvalue weighted by Gasteiger charge is 2.72. The number of halogens is 2. The number of nitrogens with one attached hydrogen (secondary N) is 1. The van der Waals surface area contributed by atoms with Gasteiger partial charge in [-0.2, -0.15) is 4.57 Å². The van der Waals surface area contributed by atoms with Crippen LogP contribution in [0.2, 0.25) is 0 Å². The fraction of sp³-hybridized carbons (Fsp3) is 0.375. The molecule has 1 saturated carbocycles. The number of aromatic nitrogens is 8. The molecule has 0 bridgehead atoms. The largest absolute Gasteiger partial charge is 0.340 e. The van der Waals surface area contributed by atoms with Gasteiger partial charge in [0.1, 0.15) is 6.04 Å². The molecule has 0 spiro atoms. The number of hydrogen-bond donors (Lipinski definition) is 1. The number of piperidine rings is 1. The van der Waals surface area contributed by atoms with Gasteiger partial charge in [-0.3, -0.25) is 24.0 Å². The average molecular weight is 550 g/mol. The summed E-state index contributed by atoms with van der Waals surface area (Å²) in [6.45, 7) is 8.55. The number of alkyl halides is 2. The first kappa shape index (κ1) is 25.2. The quantitative estimate of drug-likeness (QED) is 0.346. The van der Waals surface area contributed by atoms with E-state index in [4.69, 9.17) is 6.57 Å². The van der Waals surface area contributed by atoms with Crippen molar-refractivity contribution in [2.24, 2.45) is 18.9 Å². The van der Waals surface area contributed by atoms with Crippen molar-refractivity contribution in [3.63, 3.8) is 0 Å². The number of aryl methyl sites for hydroxylation is 1. The average Bonchev–Trinajstić information content (AvgIpc) is 3.38. The van der Waals surface area contributed by atoms with Gasteiger partial charge in [0.15, 0.2) is 17.0 Å². The summed E-state index contributed by atoms with van der Waals surface area (Å²) in [7, 11) is 1.43. The van der Waals surface area contributed by atoms with Crippen LogP contribution in [0, 0.1) is 18.4 Å². The molecule has 1 amide bonds. The maximum absolute atomic E-state index is 13.5. The van der Waals surface area contributed by atoms with E-state index in [1.54, 1.807) is 11.8 Å². The van der Waals surface area contributed by atoms with Gasteiger partial charge >= 0.3 is 5.69 Å². The third kappa shape index (κ3) is 3.89. The minimum Gasteiger partial charge on any atom is -0.340 e. The molecule has 2 aliphatic rings. The number of fused-ring (bicyclic) bond motifs is 2. The van der Waals surface area contributed by atoms with E-state index in [-0.39, 0.29) is 30.1 Å². The Morgan fingerprint density at radius 2 is 1.88 bits per heavy atom. The number of amides is 1. The molecule has 5 heterocycles. The summed E-state index contributed by atoms with van der Waals surface area (Å²) in [4.78, 5) is 64.6. The Morgan fingerprint density at radius 3 is 2.55 bits per heavy atom. The van der Waals surface area contributed by atoms with Gasteiger partial charge in [-0.15, -0.1) is 0 Å². The molecule has 4 aromatic heterocycles. The van der Waals surface area contributed by atoms with Crippen molar-refractivity contribution in [3.8, 4) is 11.3 Å². The molecule has 204 valence electrons. The lowest BCUT2D eigenvalue weighted by Crippen LogP contribution is -2.39. The zero-order valence-corrected chi connectivity index (χ0v) is 21.2. The molecule has 1 aliphatic heterocycles. The van der Waals surface area contributed by atoms with Crippen LogP contribution in [-0.4, -0.2) is 63.5 Å². The first-order chi connectivity index (χ1) is 19.1. The predicted octanol–water partition coefficient (Wildman–Crippen LogP) is 0.921. The minimum absolute atomic E-state index is 0.00416. The Kier molecular flexibility index (Phi) is 5.68. The third-order valence-corrected chi connectivity index (χ3v) is 7.37. The maximum Gasteiger partial charge on any atom is 0.338 e. The van der Waals surface area contributed by atoms with Gasteiger partial charge in [-0.05, 0) is 6.92 Å². The van der Waals surface area contributed by atoms with Crippen molar-refractivity contribution in [2.75, 3.05) is 23.3 Å². The number of carbonyl (C=O) groups is 1. The first-order valence-corrected chi connectivity index (χ1v) is 12.2. The highest BCUT2D eigenvalue weighted by Crippen LogP contribution is 2.59. The topological polar surface area (TPSA) is 150 Å². The molecular weight excluding hydrogens is 528 g/mol. The van der Waals surface area contributed by atoms with Crippen LogP contribution in [0.25, 0.3) is 27.3 Å². The second kappa shape index (κ2) is 9.00. The molecule has 40 heavy (non-hydrogen) atoms. The SMILES string of the molecule is [C-]#[N+]Cn1c(=O)c2c(ncn2[C@@H](C)C(=O)Nc2cncc(-c3cnc(N4CC5C(C4)C5(F)F)nc3)n2)n(C)c1=O. The van der Waals surface area contributed by atoms with Crippen LogP contribution in [0.15, 0.2) is 40.7 Å². The first-order valence-electron chi connectivity index (χ1n) is 12.2. The molecule has 14 nitrogen and oxygen atoms in total. The van der Waals surface area contributed by atoms with E-state index >= 15 is 0 Å². The van der Waals surface area contributed by atoms with Crippen LogP contribution in [0.1, 0.15) is 13.0 Å². The van der Waals surface area contributed by atoms with Crippen molar-refractivity contribution in [1.29, 1.82) is 0 Å². The summed E-state index contributed by atoms with van der Waals surface area (Å²) in [5.74, 6) is -3.92. The lowest BCUT2D eigenvalue weighted by molar-refractivity contribution is -0.118. The van der Waals surface area contributed by atoms with E-state index in [9.17, 15) is 23.2 Å². The zero-order valence-electron chi connectivity index (χ0n) is 21.2. The van der Waals surface area contributed by atoms with Crippen molar-refractivity contribution >= 4 is 28.8 Å². The third-order valence-electron chi connectivity index (χ3n) is 7.37. The summed E-state index contributed by atoms with van der Waals surface area (Å²) in [6, 6.07) is -0.941. The van der Waals surface area contributed by atoms with Crippen molar-refractivity contribution in [3.05, 3.63) is 63.4 Å². The molecule has 4 aromatic rings. The van der Waals surface area contributed by atoms with E-state index in [0.29, 0.717) is 17.2 Å². The minimum atomic E-state index is -2.59. The van der Waals surface area contributed by atoms with E-state index in [1.165, 1.54) is 42.7 Å². The molecule has 3 atom stereocenters. The fourth-order valence-corrected chi connectivity index (χ4v) is 4.99. The number of rotatable bonds is 6. The second-order valence-corrected chi connectivity index (χ2v) is 9.72. The van der Waals surface area contributed by atoms with Gasteiger partial charge in [0.05, 0.1) is 36.3 Å². The Bertz CT molecular complexity index is 1810. The van der Waals surface area contributed by atoms with E-state index < -0.39 is 47.6 Å². The Balaban J connectivity index is 1.20. The zero-order chi connectivity index (χ0) is 28.3. The Morgan fingerprint density at radius 1 is 1.18 bits per heavy atom. The highest BCUT2D eigenvalue weighted by atomic mass is 19.3.